The highest BCUT2D eigenvalue weighted by atomic mass is 35.5. The van der Waals surface area contributed by atoms with Gasteiger partial charge in [-0.2, -0.15) is 5.26 Å². The maximum atomic E-state index is 15.0. The molecule has 3 aliphatic rings. The number of hydrogen-bond acceptors (Lipinski definition) is 4. The molecule has 2 amide bonds. The third-order valence-electron chi connectivity index (χ3n) is 9.31. The van der Waals surface area contributed by atoms with Gasteiger partial charge in [0.05, 0.1) is 18.0 Å². The van der Waals surface area contributed by atoms with Gasteiger partial charge in [0.15, 0.2) is 0 Å². The fraction of sp³-hybridized carbons (Fsp3) is 0.719. The predicted molar refractivity (Wildman–Crippen MR) is 158 cm³/mol. The van der Waals surface area contributed by atoms with Gasteiger partial charge in [-0.05, 0) is 64.0 Å². The van der Waals surface area contributed by atoms with Crippen molar-refractivity contribution in [2.45, 2.75) is 110 Å². The fourth-order valence-corrected chi connectivity index (χ4v) is 6.85. The maximum Gasteiger partial charge on any atom is 0.228 e. The summed E-state index contributed by atoms with van der Waals surface area (Å²) in [4.78, 5) is 33.8. The maximum absolute atomic E-state index is 15.0. The highest BCUT2D eigenvalue weighted by molar-refractivity contribution is 5.85. The topological polar surface area (TPSA) is 67.6 Å². The van der Waals surface area contributed by atoms with Crippen LogP contribution in [0.3, 0.4) is 0 Å². The third-order valence-corrected chi connectivity index (χ3v) is 9.31. The van der Waals surface area contributed by atoms with E-state index in [0.717, 1.165) is 31.7 Å². The third kappa shape index (κ3) is 7.05. The minimum atomic E-state index is -0.655. The Balaban J connectivity index is 0.00000462. The van der Waals surface area contributed by atoms with Gasteiger partial charge >= 0.3 is 0 Å². The van der Waals surface area contributed by atoms with Gasteiger partial charge in [0.1, 0.15) is 17.7 Å². The van der Waals surface area contributed by atoms with Crippen LogP contribution in [-0.2, 0) is 9.59 Å². The molecule has 1 aromatic rings. The van der Waals surface area contributed by atoms with Gasteiger partial charge in [-0.15, -0.1) is 12.4 Å². The first-order chi connectivity index (χ1) is 18.6. The molecule has 4 rings (SSSR count). The predicted octanol–water partition coefficient (Wildman–Crippen LogP) is 6.15. The van der Waals surface area contributed by atoms with E-state index in [-0.39, 0.29) is 41.8 Å². The van der Waals surface area contributed by atoms with Crippen molar-refractivity contribution in [2.75, 3.05) is 19.6 Å². The van der Waals surface area contributed by atoms with Crippen molar-refractivity contribution in [1.82, 2.24) is 14.7 Å². The lowest BCUT2D eigenvalue weighted by atomic mass is 9.84. The SMILES string of the molecule is CC1CCC(N(C(=O)C(C)(C)C)[C@H]2C[C@@H](C#N)N(C(=O)[C@@H]3CN(C(C)(C)C)C[C@H]3c3ccc(F)cc3F)C2)CC1.Cl. The molecule has 2 saturated heterocycles. The quantitative estimate of drug-likeness (QED) is 0.421. The molecule has 0 aromatic heterocycles. The van der Waals surface area contributed by atoms with Gasteiger partial charge in [-0.1, -0.05) is 33.8 Å². The molecule has 2 heterocycles. The van der Waals surface area contributed by atoms with Crippen LogP contribution in [0.25, 0.3) is 0 Å². The first-order valence-corrected chi connectivity index (χ1v) is 14.8. The number of hydrogen-bond donors (Lipinski definition) is 0. The van der Waals surface area contributed by atoms with Gasteiger partial charge in [-0.3, -0.25) is 14.5 Å². The van der Waals surface area contributed by atoms with E-state index in [9.17, 15) is 19.2 Å². The summed E-state index contributed by atoms with van der Waals surface area (Å²) >= 11 is 0. The summed E-state index contributed by atoms with van der Waals surface area (Å²) in [7, 11) is 0. The number of rotatable bonds is 4. The molecule has 4 atom stereocenters. The lowest BCUT2D eigenvalue weighted by molar-refractivity contribution is -0.146. The van der Waals surface area contributed by atoms with Crippen molar-refractivity contribution in [3.8, 4) is 6.07 Å². The zero-order chi connectivity index (χ0) is 29.6. The molecule has 2 aliphatic heterocycles. The molecule has 1 aromatic carbocycles. The Kier molecular flexibility index (Phi) is 10.2. The molecule has 9 heteroatoms. The lowest BCUT2D eigenvalue weighted by Gasteiger charge is -2.42. The average Bonchev–Trinajstić information content (AvgIpc) is 3.49. The molecule has 228 valence electrons. The van der Waals surface area contributed by atoms with Crippen LogP contribution in [0.1, 0.15) is 92.1 Å². The summed E-state index contributed by atoms with van der Waals surface area (Å²) in [5, 5.41) is 10.2. The van der Waals surface area contributed by atoms with Gasteiger partial charge in [0.2, 0.25) is 11.8 Å². The van der Waals surface area contributed by atoms with Gasteiger partial charge in [0, 0.05) is 55.0 Å². The lowest BCUT2D eigenvalue weighted by Crippen LogP contribution is -2.53. The minimum Gasteiger partial charge on any atom is -0.334 e. The molecular weight excluding hydrogens is 546 g/mol. The van der Waals surface area contributed by atoms with Crippen LogP contribution in [-0.4, -0.2) is 69.8 Å². The molecule has 0 bridgehead atoms. The zero-order valence-corrected chi connectivity index (χ0v) is 26.4. The van der Waals surface area contributed by atoms with Crippen molar-refractivity contribution < 1.29 is 18.4 Å². The first kappa shape index (κ1) is 33.3. The van der Waals surface area contributed by atoms with Crippen LogP contribution < -0.4 is 0 Å². The molecular formula is C32H47ClF2N4O2. The number of halogens is 3. The van der Waals surface area contributed by atoms with Crippen LogP contribution in [0.15, 0.2) is 18.2 Å². The van der Waals surface area contributed by atoms with Crippen LogP contribution in [0.2, 0.25) is 0 Å². The van der Waals surface area contributed by atoms with Crippen LogP contribution >= 0.6 is 12.4 Å². The van der Waals surface area contributed by atoms with E-state index in [1.54, 1.807) is 4.90 Å². The summed E-state index contributed by atoms with van der Waals surface area (Å²) in [5.74, 6) is -1.82. The van der Waals surface area contributed by atoms with Crippen LogP contribution in [0.5, 0.6) is 0 Å². The standard InChI is InChI=1S/C32H46F2N4O2.ClH/c1-20-8-11-22(12-9-20)38(30(40)31(2,3)4)24-15-23(16-35)37(17-24)29(39)27-19-36(32(5,6)7)18-26(27)25-13-10-21(33)14-28(25)34;/h10,13-14,20,22-24,26-27H,8-9,11-12,15,17-19H2,1-7H3;1H/t20?,22?,23-,24-,26-,27+;/m0./s1. The van der Waals surface area contributed by atoms with Crippen molar-refractivity contribution in [1.29, 1.82) is 5.26 Å². The second-order valence-electron chi connectivity index (χ2n) is 14.4. The van der Waals surface area contributed by atoms with E-state index in [4.69, 9.17) is 0 Å². The zero-order valence-electron chi connectivity index (χ0n) is 25.6. The molecule has 6 nitrogen and oxygen atoms in total. The van der Waals surface area contributed by atoms with Crippen molar-refractivity contribution in [2.24, 2.45) is 17.3 Å². The smallest absolute Gasteiger partial charge is 0.228 e. The summed E-state index contributed by atoms with van der Waals surface area (Å²) in [6.45, 7) is 15.4. The molecule has 0 spiro atoms. The number of carbonyl (C=O) groups is 2. The molecule has 0 radical (unpaired) electrons. The Bertz CT molecular complexity index is 1150. The Morgan fingerprint density at radius 3 is 2.15 bits per heavy atom. The van der Waals surface area contributed by atoms with E-state index in [1.165, 1.54) is 12.1 Å². The largest absolute Gasteiger partial charge is 0.334 e. The summed E-state index contributed by atoms with van der Waals surface area (Å²) in [6.07, 6.45) is 4.40. The van der Waals surface area contributed by atoms with Crippen LogP contribution in [0.4, 0.5) is 8.78 Å². The second kappa shape index (κ2) is 12.6. The van der Waals surface area contributed by atoms with E-state index < -0.39 is 34.9 Å². The molecule has 41 heavy (non-hydrogen) atoms. The number of carbonyl (C=O) groups excluding carboxylic acids is 2. The summed E-state index contributed by atoms with van der Waals surface area (Å²) in [6, 6.07) is 5.11. The Labute approximate surface area is 250 Å². The van der Waals surface area contributed by atoms with Gasteiger partial charge in [-0.25, -0.2) is 8.78 Å². The number of nitrogens with zero attached hydrogens (tertiary/aromatic N) is 4. The highest BCUT2D eigenvalue weighted by Gasteiger charge is 2.49. The van der Waals surface area contributed by atoms with E-state index >= 15 is 4.39 Å². The summed E-state index contributed by atoms with van der Waals surface area (Å²) < 4.78 is 28.8. The van der Waals surface area contributed by atoms with E-state index in [2.05, 4.69) is 38.7 Å². The minimum absolute atomic E-state index is 0. The molecule has 3 fully saturated rings. The normalized spacial score (nSPS) is 29.1. The molecule has 1 aliphatic carbocycles. The Morgan fingerprint density at radius 2 is 1.61 bits per heavy atom. The average molecular weight is 593 g/mol. The van der Waals surface area contributed by atoms with Crippen molar-refractivity contribution in [3.63, 3.8) is 0 Å². The first-order valence-electron chi connectivity index (χ1n) is 14.8. The van der Waals surface area contributed by atoms with Crippen molar-refractivity contribution >= 4 is 24.2 Å². The number of benzene rings is 1. The Hall–Kier alpha value is -2.24. The van der Waals surface area contributed by atoms with Gasteiger partial charge in [0.25, 0.3) is 0 Å². The number of likely N-dealkylation sites (tertiary alicyclic amines) is 2. The fourth-order valence-electron chi connectivity index (χ4n) is 6.85. The van der Waals surface area contributed by atoms with Crippen molar-refractivity contribution in [3.05, 3.63) is 35.4 Å². The second-order valence-corrected chi connectivity index (χ2v) is 14.4. The number of amides is 2. The molecule has 1 saturated carbocycles. The Morgan fingerprint density at radius 1 is 0.976 bits per heavy atom. The number of nitriles is 1. The molecule has 0 N–H and O–H groups in total. The van der Waals surface area contributed by atoms with E-state index in [0.29, 0.717) is 37.5 Å². The van der Waals surface area contributed by atoms with Crippen LogP contribution in [0, 0.1) is 40.2 Å². The van der Waals surface area contributed by atoms with Gasteiger partial charge < -0.3 is 9.80 Å². The van der Waals surface area contributed by atoms with E-state index in [1.807, 2.05) is 25.7 Å². The monoisotopic (exact) mass is 592 g/mol. The highest BCUT2D eigenvalue weighted by Crippen LogP contribution is 2.41. The summed E-state index contributed by atoms with van der Waals surface area (Å²) in [5.41, 5.74) is -0.497. The molecule has 0 unspecified atom stereocenters.